The second-order valence-corrected chi connectivity index (χ2v) is 2.84. The topological polar surface area (TPSA) is 68.9 Å². The molecule has 0 aliphatic carbocycles. The molecular weight excluding hydrogens is 166 g/mol. The molecule has 2 N–H and O–H groups in total. The third kappa shape index (κ3) is 2.59. The molecule has 0 saturated carbocycles. The van der Waals surface area contributed by atoms with Gasteiger partial charge in [-0.25, -0.2) is 9.97 Å². The summed E-state index contributed by atoms with van der Waals surface area (Å²) >= 11 is 0. The molecule has 0 atom stereocenters. The van der Waals surface area contributed by atoms with Gasteiger partial charge in [-0.3, -0.25) is 4.79 Å². The van der Waals surface area contributed by atoms with E-state index in [-0.39, 0.29) is 5.78 Å². The molecule has 1 rings (SSSR count). The van der Waals surface area contributed by atoms with E-state index >= 15 is 0 Å². The number of carbonyl (C=O) groups excluding carboxylic acids is 1. The fourth-order valence-corrected chi connectivity index (χ4v) is 1.06. The number of aromatic nitrogens is 2. The lowest BCUT2D eigenvalue weighted by Gasteiger charge is -2.01. The lowest BCUT2D eigenvalue weighted by Crippen LogP contribution is -2.07. The third-order valence-electron chi connectivity index (χ3n) is 1.82. The Labute approximate surface area is 77.2 Å². The van der Waals surface area contributed by atoms with Crippen LogP contribution >= 0.6 is 0 Å². The molecule has 70 valence electrons. The predicted octanol–water partition coefficient (Wildman–Crippen LogP) is 0.707. The van der Waals surface area contributed by atoms with Gasteiger partial charge in [0.05, 0.1) is 11.3 Å². The molecule has 4 nitrogen and oxygen atoms in total. The number of Topliss-reactive ketones (excluding diaryl/α,β-unsaturated/α-hetero) is 1. The molecule has 1 aromatic heterocycles. The maximum Gasteiger partial charge on any atom is 0.166 e. The quantitative estimate of drug-likeness (QED) is 0.691. The van der Waals surface area contributed by atoms with Crippen molar-refractivity contribution >= 4 is 5.78 Å². The van der Waals surface area contributed by atoms with Gasteiger partial charge in [0.1, 0.15) is 6.33 Å². The summed E-state index contributed by atoms with van der Waals surface area (Å²) in [4.78, 5) is 19.2. The lowest BCUT2D eigenvalue weighted by atomic mass is 10.1. The number of nitrogens with two attached hydrogens (primary N) is 1. The monoisotopic (exact) mass is 179 g/mol. The summed E-state index contributed by atoms with van der Waals surface area (Å²) in [6, 6.07) is 0. The van der Waals surface area contributed by atoms with Gasteiger partial charge in [-0.1, -0.05) is 0 Å². The van der Waals surface area contributed by atoms with Gasteiger partial charge in [0.25, 0.3) is 0 Å². The summed E-state index contributed by atoms with van der Waals surface area (Å²) < 4.78 is 0. The Morgan fingerprint density at radius 2 is 2.38 bits per heavy atom. The predicted molar refractivity (Wildman–Crippen MR) is 49.4 cm³/mol. The Morgan fingerprint density at radius 1 is 1.62 bits per heavy atom. The molecule has 1 aromatic rings. The highest BCUT2D eigenvalue weighted by Gasteiger charge is 2.08. The van der Waals surface area contributed by atoms with E-state index in [9.17, 15) is 4.79 Å². The largest absolute Gasteiger partial charge is 0.330 e. The van der Waals surface area contributed by atoms with Gasteiger partial charge in [-0.05, 0) is 19.9 Å². The summed E-state index contributed by atoms with van der Waals surface area (Å²) in [5.41, 5.74) is 6.65. The second-order valence-electron chi connectivity index (χ2n) is 2.84. The Balaban J connectivity index is 2.71. The minimum Gasteiger partial charge on any atom is -0.330 e. The molecule has 0 fully saturated rings. The van der Waals surface area contributed by atoms with Crippen molar-refractivity contribution in [2.75, 3.05) is 6.54 Å². The summed E-state index contributed by atoms with van der Waals surface area (Å²) in [5.74, 6) is 0.0727. The first kappa shape index (κ1) is 9.80. The van der Waals surface area contributed by atoms with Gasteiger partial charge in [0.15, 0.2) is 5.78 Å². The summed E-state index contributed by atoms with van der Waals surface area (Å²) in [6.07, 6.45) is 4.19. The zero-order chi connectivity index (χ0) is 9.68. The van der Waals surface area contributed by atoms with Crippen LogP contribution in [0.4, 0.5) is 0 Å². The van der Waals surface area contributed by atoms with E-state index in [2.05, 4.69) is 9.97 Å². The van der Waals surface area contributed by atoms with E-state index in [1.807, 2.05) is 0 Å². The number of ketones is 1. The van der Waals surface area contributed by atoms with Crippen LogP contribution in [-0.2, 0) is 0 Å². The molecule has 0 radical (unpaired) electrons. The molecule has 0 saturated heterocycles. The third-order valence-corrected chi connectivity index (χ3v) is 1.82. The number of carbonyl (C=O) groups is 1. The smallest absolute Gasteiger partial charge is 0.166 e. The van der Waals surface area contributed by atoms with E-state index < -0.39 is 0 Å². The van der Waals surface area contributed by atoms with Crippen molar-refractivity contribution in [3.8, 4) is 0 Å². The zero-order valence-electron chi connectivity index (χ0n) is 7.66. The van der Waals surface area contributed by atoms with Crippen LogP contribution in [0.3, 0.4) is 0 Å². The lowest BCUT2D eigenvalue weighted by molar-refractivity contribution is 0.0979. The van der Waals surface area contributed by atoms with Gasteiger partial charge in [-0.15, -0.1) is 0 Å². The SMILES string of the molecule is Cc1ncncc1C(=O)CCCN. The summed E-state index contributed by atoms with van der Waals surface area (Å²) in [6.45, 7) is 2.34. The fraction of sp³-hybridized carbons (Fsp3) is 0.444. The highest BCUT2D eigenvalue weighted by atomic mass is 16.1. The second kappa shape index (κ2) is 4.67. The maximum absolute atomic E-state index is 11.5. The molecule has 0 amide bonds. The van der Waals surface area contributed by atoms with Gasteiger partial charge >= 0.3 is 0 Å². The Kier molecular flexibility index (Phi) is 3.52. The van der Waals surface area contributed by atoms with Crippen molar-refractivity contribution < 1.29 is 4.79 Å². The van der Waals surface area contributed by atoms with Crippen molar-refractivity contribution in [3.63, 3.8) is 0 Å². The number of hydrogen-bond acceptors (Lipinski definition) is 4. The average molecular weight is 179 g/mol. The minimum atomic E-state index is 0.0727. The Bertz CT molecular complexity index is 299. The molecular formula is C9H13N3O. The fourth-order valence-electron chi connectivity index (χ4n) is 1.06. The number of nitrogens with zero attached hydrogens (tertiary/aromatic N) is 2. The van der Waals surface area contributed by atoms with Gasteiger partial charge in [0.2, 0.25) is 0 Å². The van der Waals surface area contributed by atoms with Crippen LogP contribution in [0.5, 0.6) is 0 Å². The first-order valence-electron chi connectivity index (χ1n) is 4.25. The molecule has 0 spiro atoms. The van der Waals surface area contributed by atoms with E-state index in [0.717, 1.165) is 5.69 Å². The maximum atomic E-state index is 11.5. The average Bonchev–Trinajstić information content (AvgIpc) is 2.15. The van der Waals surface area contributed by atoms with Gasteiger partial charge < -0.3 is 5.73 Å². The van der Waals surface area contributed by atoms with Crippen molar-refractivity contribution in [3.05, 3.63) is 23.8 Å². The molecule has 4 heteroatoms. The van der Waals surface area contributed by atoms with Crippen molar-refractivity contribution in [1.29, 1.82) is 0 Å². The number of rotatable bonds is 4. The normalized spacial score (nSPS) is 10.0. The number of aryl methyl sites for hydroxylation is 1. The van der Waals surface area contributed by atoms with Crippen LogP contribution in [0, 0.1) is 6.92 Å². The van der Waals surface area contributed by atoms with Crippen LogP contribution in [0.25, 0.3) is 0 Å². The molecule has 0 bridgehead atoms. The molecule has 0 unspecified atom stereocenters. The van der Waals surface area contributed by atoms with Crippen molar-refractivity contribution in [2.24, 2.45) is 5.73 Å². The Hall–Kier alpha value is -1.29. The van der Waals surface area contributed by atoms with E-state index in [4.69, 9.17) is 5.73 Å². The van der Waals surface area contributed by atoms with Crippen LogP contribution in [0.1, 0.15) is 28.9 Å². The first-order chi connectivity index (χ1) is 6.25. The van der Waals surface area contributed by atoms with Crippen LogP contribution in [-0.4, -0.2) is 22.3 Å². The molecule has 13 heavy (non-hydrogen) atoms. The standard InChI is InChI=1S/C9H13N3O/c1-7-8(5-11-6-12-7)9(13)3-2-4-10/h5-6H,2-4,10H2,1H3. The van der Waals surface area contributed by atoms with Crippen LogP contribution < -0.4 is 5.73 Å². The number of hydrogen-bond donors (Lipinski definition) is 1. The van der Waals surface area contributed by atoms with E-state index in [1.165, 1.54) is 6.33 Å². The van der Waals surface area contributed by atoms with Gasteiger partial charge in [0, 0.05) is 12.6 Å². The van der Waals surface area contributed by atoms with Crippen LogP contribution in [0.15, 0.2) is 12.5 Å². The highest BCUT2D eigenvalue weighted by Crippen LogP contribution is 2.06. The van der Waals surface area contributed by atoms with E-state index in [0.29, 0.717) is 24.9 Å². The molecule has 0 aliphatic rings. The highest BCUT2D eigenvalue weighted by molar-refractivity contribution is 5.96. The summed E-state index contributed by atoms with van der Waals surface area (Å²) in [5, 5.41) is 0. The molecule has 1 heterocycles. The van der Waals surface area contributed by atoms with Crippen LogP contribution in [0.2, 0.25) is 0 Å². The minimum absolute atomic E-state index is 0.0727. The zero-order valence-corrected chi connectivity index (χ0v) is 7.66. The Morgan fingerprint density at radius 3 is 3.00 bits per heavy atom. The van der Waals surface area contributed by atoms with Crippen molar-refractivity contribution in [1.82, 2.24) is 9.97 Å². The molecule has 0 aliphatic heterocycles. The van der Waals surface area contributed by atoms with E-state index in [1.54, 1.807) is 13.1 Å². The first-order valence-corrected chi connectivity index (χ1v) is 4.25. The molecule has 0 aromatic carbocycles. The summed E-state index contributed by atoms with van der Waals surface area (Å²) in [7, 11) is 0. The van der Waals surface area contributed by atoms with Crippen molar-refractivity contribution in [2.45, 2.75) is 19.8 Å². The van der Waals surface area contributed by atoms with Gasteiger partial charge in [-0.2, -0.15) is 0 Å².